The molecule has 1 N–H and O–H groups in total. The van der Waals surface area contributed by atoms with Gasteiger partial charge in [0.15, 0.2) is 0 Å². The van der Waals surface area contributed by atoms with E-state index < -0.39 is 11.7 Å². The number of ether oxygens (including phenoxy) is 1. The molecule has 0 atom stereocenters. The number of nitrogens with one attached hydrogen (secondary N) is 1. The topological polar surface area (TPSA) is 58.6 Å². The van der Waals surface area contributed by atoms with Crippen molar-refractivity contribution in [1.82, 2.24) is 10.2 Å². The van der Waals surface area contributed by atoms with E-state index in [1.807, 2.05) is 20.8 Å². The van der Waals surface area contributed by atoms with Crippen LogP contribution in [0.4, 0.5) is 4.79 Å². The summed E-state index contributed by atoms with van der Waals surface area (Å²) in [4.78, 5) is 26.2. The van der Waals surface area contributed by atoms with Crippen molar-refractivity contribution in [3.8, 4) is 0 Å². The highest BCUT2D eigenvalue weighted by atomic mass is 16.6. The monoisotopic (exact) mass is 310 g/mol. The molecule has 5 nitrogen and oxygen atoms in total. The average Bonchev–Trinajstić information content (AvgIpc) is 3.22. The third-order valence-electron chi connectivity index (χ3n) is 4.20. The van der Waals surface area contributed by atoms with Gasteiger partial charge >= 0.3 is 6.09 Å². The molecule has 2 aliphatic rings. The molecule has 2 aliphatic carbocycles. The standard InChI is InChI=1S/C17H30N2O3/c1-17(2,3)22-16(21)18-12-11-15(20)19(14-9-10-14)13-7-5-4-6-8-13/h13-14H,4-12H2,1-3H3,(H,18,21). The molecular weight excluding hydrogens is 280 g/mol. The highest BCUT2D eigenvalue weighted by Gasteiger charge is 2.37. The Hall–Kier alpha value is -1.26. The van der Waals surface area contributed by atoms with Crippen LogP contribution in [0.5, 0.6) is 0 Å². The summed E-state index contributed by atoms with van der Waals surface area (Å²) < 4.78 is 5.18. The van der Waals surface area contributed by atoms with Gasteiger partial charge in [0.1, 0.15) is 5.60 Å². The molecule has 5 heteroatoms. The van der Waals surface area contributed by atoms with Gasteiger partial charge in [-0.2, -0.15) is 0 Å². The van der Waals surface area contributed by atoms with Crippen LogP contribution in [0, 0.1) is 0 Å². The van der Waals surface area contributed by atoms with Gasteiger partial charge in [0, 0.05) is 25.0 Å². The maximum absolute atomic E-state index is 12.5. The summed E-state index contributed by atoms with van der Waals surface area (Å²) in [5.41, 5.74) is -0.504. The summed E-state index contributed by atoms with van der Waals surface area (Å²) in [7, 11) is 0. The van der Waals surface area contributed by atoms with Crippen LogP contribution in [-0.4, -0.2) is 41.1 Å². The summed E-state index contributed by atoms with van der Waals surface area (Å²) in [5.74, 6) is 0.186. The molecule has 2 fully saturated rings. The van der Waals surface area contributed by atoms with E-state index in [1.54, 1.807) is 0 Å². The Bertz CT molecular complexity index is 393. The summed E-state index contributed by atoms with van der Waals surface area (Å²) in [6, 6.07) is 0.882. The van der Waals surface area contributed by atoms with Crippen LogP contribution in [0.2, 0.25) is 0 Å². The van der Waals surface area contributed by atoms with Crippen LogP contribution in [0.25, 0.3) is 0 Å². The zero-order valence-electron chi connectivity index (χ0n) is 14.2. The van der Waals surface area contributed by atoms with Gasteiger partial charge in [-0.1, -0.05) is 19.3 Å². The number of amides is 2. The van der Waals surface area contributed by atoms with Gasteiger partial charge in [0.2, 0.25) is 5.91 Å². The summed E-state index contributed by atoms with van der Waals surface area (Å²) in [5, 5.41) is 2.68. The van der Waals surface area contributed by atoms with Crippen LogP contribution >= 0.6 is 0 Å². The van der Waals surface area contributed by atoms with Crippen molar-refractivity contribution in [2.75, 3.05) is 6.54 Å². The van der Waals surface area contributed by atoms with Gasteiger partial charge in [0.25, 0.3) is 0 Å². The van der Waals surface area contributed by atoms with Crippen LogP contribution in [0.3, 0.4) is 0 Å². The fraction of sp³-hybridized carbons (Fsp3) is 0.882. The Morgan fingerprint density at radius 3 is 2.18 bits per heavy atom. The van der Waals surface area contributed by atoms with E-state index in [0.29, 0.717) is 25.0 Å². The largest absolute Gasteiger partial charge is 0.444 e. The molecule has 0 aliphatic heterocycles. The van der Waals surface area contributed by atoms with E-state index in [2.05, 4.69) is 10.2 Å². The lowest BCUT2D eigenvalue weighted by molar-refractivity contribution is -0.134. The predicted octanol–water partition coefficient (Wildman–Crippen LogP) is 3.22. The lowest BCUT2D eigenvalue weighted by Crippen LogP contribution is -2.44. The Morgan fingerprint density at radius 2 is 1.64 bits per heavy atom. The van der Waals surface area contributed by atoms with Crippen molar-refractivity contribution in [2.24, 2.45) is 0 Å². The van der Waals surface area contributed by atoms with Crippen molar-refractivity contribution < 1.29 is 14.3 Å². The van der Waals surface area contributed by atoms with Crippen molar-refractivity contribution >= 4 is 12.0 Å². The summed E-state index contributed by atoms with van der Waals surface area (Å²) >= 11 is 0. The molecular formula is C17H30N2O3. The van der Waals surface area contributed by atoms with Gasteiger partial charge in [-0.05, 0) is 46.5 Å². The average molecular weight is 310 g/mol. The summed E-state index contributed by atoms with van der Waals surface area (Å²) in [6.45, 7) is 5.84. The third kappa shape index (κ3) is 5.50. The molecule has 0 unspecified atom stereocenters. The molecule has 0 aromatic carbocycles. The highest BCUT2D eigenvalue weighted by Crippen LogP contribution is 2.34. The highest BCUT2D eigenvalue weighted by molar-refractivity contribution is 5.78. The van der Waals surface area contributed by atoms with E-state index in [0.717, 1.165) is 25.7 Å². The molecule has 0 aromatic rings. The molecule has 0 bridgehead atoms. The SMILES string of the molecule is CC(C)(C)OC(=O)NCCC(=O)N(C1CCCCC1)C1CC1. The number of alkyl carbamates (subject to hydrolysis) is 1. The lowest BCUT2D eigenvalue weighted by Gasteiger charge is -2.34. The number of hydrogen-bond acceptors (Lipinski definition) is 3. The maximum Gasteiger partial charge on any atom is 0.407 e. The molecule has 0 heterocycles. The molecule has 0 saturated heterocycles. The minimum absolute atomic E-state index is 0.186. The van der Waals surface area contributed by atoms with Gasteiger partial charge in [0.05, 0.1) is 0 Å². The van der Waals surface area contributed by atoms with Gasteiger partial charge < -0.3 is 15.0 Å². The first kappa shape index (κ1) is 17.1. The van der Waals surface area contributed by atoms with E-state index in [1.165, 1.54) is 19.3 Å². The van der Waals surface area contributed by atoms with Crippen molar-refractivity contribution in [3.05, 3.63) is 0 Å². The first-order chi connectivity index (χ1) is 10.4. The second kappa shape index (κ2) is 7.34. The number of rotatable bonds is 5. The van der Waals surface area contributed by atoms with Gasteiger partial charge in [-0.3, -0.25) is 4.79 Å². The Kier molecular flexibility index (Phi) is 5.70. The second-order valence-electron chi connectivity index (χ2n) is 7.50. The molecule has 0 aromatic heterocycles. The normalized spacial score (nSPS) is 19.6. The Labute approximate surface area is 133 Å². The van der Waals surface area contributed by atoms with Crippen LogP contribution < -0.4 is 5.32 Å². The molecule has 126 valence electrons. The van der Waals surface area contributed by atoms with Crippen molar-refractivity contribution in [1.29, 1.82) is 0 Å². The van der Waals surface area contributed by atoms with E-state index in [-0.39, 0.29) is 5.91 Å². The zero-order valence-corrected chi connectivity index (χ0v) is 14.2. The predicted molar refractivity (Wildman–Crippen MR) is 85.6 cm³/mol. The molecule has 2 amide bonds. The number of hydrogen-bond donors (Lipinski definition) is 1. The lowest BCUT2D eigenvalue weighted by atomic mass is 9.94. The molecule has 22 heavy (non-hydrogen) atoms. The fourth-order valence-electron chi connectivity index (χ4n) is 3.13. The van der Waals surface area contributed by atoms with E-state index in [9.17, 15) is 9.59 Å². The third-order valence-corrected chi connectivity index (χ3v) is 4.20. The minimum Gasteiger partial charge on any atom is -0.444 e. The maximum atomic E-state index is 12.5. The van der Waals surface area contributed by atoms with Gasteiger partial charge in [-0.15, -0.1) is 0 Å². The summed E-state index contributed by atoms with van der Waals surface area (Å²) in [6.07, 6.45) is 8.24. The minimum atomic E-state index is -0.504. The number of carbonyl (C=O) groups is 2. The fourth-order valence-corrected chi connectivity index (χ4v) is 3.13. The molecule has 0 spiro atoms. The number of nitrogens with zero attached hydrogens (tertiary/aromatic N) is 1. The Morgan fingerprint density at radius 1 is 1.05 bits per heavy atom. The van der Waals surface area contributed by atoms with Crippen LogP contribution in [0.15, 0.2) is 0 Å². The second-order valence-corrected chi connectivity index (χ2v) is 7.50. The van der Waals surface area contributed by atoms with Crippen LogP contribution in [-0.2, 0) is 9.53 Å². The van der Waals surface area contributed by atoms with Gasteiger partial charge in [-0.25, -0.2) is 4.79 Å². The van der Waals surface area contributed by atoms with Crippen molar-refractivity contribution in [2.45, 2.75) is 89.8 Å². The zero-order chi connectivity index (χ0) is 16.2. The first-order valence-electron chi connectivity index (χ1n) is 8.65. The van der Waals surface area contributed by atoms with E-state index >= 15 is 0 Å². The smallest absolute Gasteiger partial charge is 0.407 e. The molecule has 2 saturated carbocycles. The van der Waals surface area contributed by atoms with Crippen LogP contribution in [0.1, 0.15) is 72.1 Å². The molecule has 2 rings (SSSR count). The Balaban J connectivity index is 1.75. The first-order valence-corrected chi connectivity index (χ1v) is 8.65. The van der Waals surface area contributed by atoms with E-state index in [4.69, 9.17) is 4.74 Å². The molecule has 0 radical (unpaired) electrons. The number of carbonyl (C=O) groups excluding carboxylic acids is 2. The quantitative estimate of drug-likeness (QED) is 0.848. The van der Waals surface area contributed by atoms with Crippen molar-refractivity contribution in [3.63, 3.8) is 0 Å².